The predicted molar refractivity (Wildman–Crippen MR) is 44.2 cm³/mol. The summed E-state index contributed by atoms with van der Waals surface area (Å²) in [5.41, 5.74) is 0.300. The molecule has 0 unspecified atom stereocenters. The molecule has 0 bridgehead atoms. The highest BCUT2D eigenvalue weighted by Gasteiger charge is 2.18. The summed E-state index contributed by atoms with van der Waals surface area (Å²) in [5.74, 6) is 0. The van der Waals surface area contributed by atoms with Crippen LogP contribution >= 0.6 is 23.2 Å². The van der Waals surface area contributed by atoms with Crippen LogP contribution < -0.4 is 0 Å². The quantitative estimate of drug-likeness (QED) is 0.566. The zero-order valence-electron chi connectivity index (χ0n) is 6.25. The van der Waals surface area contributed by atoms with Crippen molar-refractivity contribution in [3.63, 3.8) is 0 Å². The Morgan fingerprint density at radius 2 is 1.78 bits per heavy atom. The highest BCUT2D eigenvalue weighted by atomic mass is 35.5. The van der Waals surface area contributed by atoms with Crippen molar-refractivity contribution in [1.29, 1.82) is 0 Å². The van der Waals surface area contributed by atoms with E-state index in [-0.39, 0.29) is 4.84 Å². The molecule has 0 spiro atoms. The average Bonchev–Trinajstić information content (AvgIpc) is 1.63. The Kier molecular flexibility index (Phi) is 3.91. The lowest BCUT2D eigenvalue weighted by atomic mass is 9.87. The molecule has 56 valence electrons. The molecule has 0 rings (SSSR count). The van der Waals surface area contributed by atoms with Gasteiger partial charge in [0, 0.05) is 0 Å². The topological polar surface area (TPSA) is 0 Å². The standard InChI is InChI=1S/C7H14Cl2/c1-4-7(2,3)5-6(8)9/h6H,4-5H2,1-3H3. The minimum absolute atomic E-state index is 0.208. The summed E-state index contributed by atoms with van der Waals surface area (Å²) >= 11 is 11.2. The smallest absolute Gasteiger partial charge is 0.105 e. The Bertz CT molecular complexity index is 77.0. The fourth-order valence-corrected chi connectivity index (χ4v) is 1.40. The molecule has 0 aliphatic rings. The van der Waals surface area contributed by atoms with Gasteiger partial charge in [-0.1, -0.05) is 27.2 Å². The van der Waals surface area contributed by atoms with E-state index in [1.54, 1.807) is 0 Å². The minimum Gasteiger partial charge on any atom is -0.105 e. The Hall–Kier alpha value is 0.580. The fraction of sp³-hybridized carbons (Fsp3) is 1.00. The number of hydrogen-bond donors (Lipinski definition) is 0. The first-order chi connectivity index (χ1) is 3.98. The summed E-state index contributed by atoms with van der Waals surface area (Å²) in [6.07, 6.45) is 2.01. The van der Waals surface area contributed by atoms with Crippen molar-refractivity contribution in [2.45, 2.75) is 38.4 Å². The maximum atomic E-state index is 5.61. The molecule has 0 atom stereocenters. The summed E-state index contributed by atoms with van der Waals surface area (Å²) in [5, 5.41) is 0. The van der Waals surface area contributed by atoms with Crippen molar-refractivity contribution in [2.24, 2.45) is 5.41 Å². The van der Waals surface area contributed by atoms with Crippen LogP contribution in [0.15, 0.2) is 0 Å². The van der Waals surface area contributed by atoms with Gasteiger partial charge in [-0.15, -0.1) is 23.2 Å². The zero-order valence-corrected chi connectivity index (χ0v) is 7.76. The van der Waals surface area contributed by atoms with E-state index in [1.807, 2.05) is 0 Å². The summed E-state index contributed by atoms with van der Waals surface area (Å²) in [6, 6.07) is 0. The Morgan fingerprint density at radius 1 is 1.33 bits per heavy atom. The SMILES string of the molecule is CCC(C)(C)CC(Cl)Cl. The molecule has 0 heterocycles. The third-order valence-corrected chi connectivity index (χ3v) is 1.97. The van der Waals surface area contributed by atoms with E-state index in [0.717, 1.165) is 12.8 Å². The second-order valence-electron chi connectivity index (χ2n) is 3.11. The second-order valence-corrected chi connectivity index (χ2v) is 4.39. The van der Waals surface area contributed by atoms with Crippen LogP contribution in [0.4, 0.5) is 0 Å². The Morgan fingerprint density at radius 3 is 1.89 bits per heavy atom. The van der Waals surface area contributed by atoms with E-state index in [0.29, 0.717) is 5.41 Å². The minimum atomic E-state index is -0.208. The Balaban J connectivity index is 3.58. The lowest BCUT2D eigenvalue weighted by molar-refractivity contribution is 0.333. The van der Waals surface area contributed by atoms with Gasteiger partial charge in [-0.25, -0.2) is 0 Å². The molecule has 0 fully saturated rings. The molecule has 0 nitrogen and oxygen atoms in total. The van der Waals surface area contributed by atoms with Crippen LogP contribution in [0.2, 0.25) is 0 Å². The van der Waals surface area contributed by atoms with Gasteiger partial charge in [0.1, 0.15) is 4.84 Å². The number of hydrogen-bond acceptors (Lipinski definition) is 0. The average molecular weight is 169 g/mol. The fourth-order valence-electron chi connectivity index (χ4n) is 0.562. The van der Waals surface area contributed by atoms with Crippen molar-refractivity contribution in [3.05, 3.63) is 0 Å². The first kappa shape index (κ1) is 9.58. The Labute approximate surface area is 67.5 Å². The summed E-state index contributed by atoms with van der Waals surface area (Å²) in [7, 11) is 0. The summed E-state index contributed by atoms with van der Waals surface area (Å²) < 4.78 is 0. The van der Waals surface area contributed by atoms with Gasteiger partial charge in [0.05, 0.1) is 0 Å². The van der Waals surface area contributed by atoms with Gasteiger partial charge in [0.15, 0.2) is 0 Å². The number of halogens is 2. The molecule has 0 radical (unpaired) electrons. The van der Waals surface area contributed by atoms with Crippen molar-refractivity contribution >= 4 is 23.2 Å². The molecule has 0 saturated heterocycles. The maximum absolute atomic E-state index is 5.61. The molecular formula is C7H14Cl2. The molecule has 0 aromatic rings. The van der Waals surface area contributed by atoms with Gasteiger partial charge in [0.25, 0.3) is 0 Å². The molecule has 9 heavy (non-hydrogen) atoms. The van der Waals surface area contributed by atoms with E-state index in [4.69, 9.17) is 23.2 Å². The molecule has 0 amide bonds. The first-order valence-corrected chi connectivity index (χ1v) is 4.13. The lowest BCUT2D eigenvalue weighted by Gasteiger charge is -2.22. The number of rotatable bonds is 3. The maximum Gasteiger partial charge on any atom is 0.108 e. The first-order valence-electron chi connectivity index (χ1n) is 3.26. The van der Waals surface area contributed by atoms with Gasteiger partial charge in [-0.05, 0) is 11.8 Å². The highest BCUT2D eigenvalue weighted by Crippen LogP contribution is 2.29. The highest BCUT2D eigenvalue weighted by molar-refractivity contribution is 6.44. The largest absolute Gasteiger partial charge is 0.108 e. The zero-order chi connectivity index (χ0) is 7.49. The van der Waals surface area contributed by atoms with E-state index in [1.165, 1.54) is 0 Å². The molecule has 0 saturated carbocycles. The van der Waals surface area contributed by atoms with Crippen LogP contribution in [-0.4, -0.2) is 4.84 Å². The number of alkyl halides is 2. The van der Waals surface area contributed by atoms with Gasteiger partial charge in [-0.2, -0.15) is 0 Å². The molecular weight excluding hydrogens is 155 g/mol. The monoisotopic (exact) mass is 168 g/mol. The van der Waals surface area contributed by atoms with Gasteiger partial charge in [-0.3, -0.25) is 0 Å². The van der Waals surface area contributed by atoms with Crippen LogP contribution in [0.1, 0.15) is 33.6 Å². The van der Waals surface area contributed by atoms with Gasteiger partial charge in [0.2, 0.25) is 0 Å². The predicted octanol–water partition coefficient (Wildman–Crippen LogP) is 3.62. The molecule has 0 aromatic heterocycles. The van der Waals surface area contributed by atoms with E-state index in [2.05, 4.69) is 20.8 Å². The van der Waals surface area contributed by atoms with E-state index >= 15 is 0 Å². The second kappa shape index (κ2) is 3.68. The molecule has 0 aromatic carbocycles. The van der Waals surface area contributed by atoms with Gasteiger partial charge >= 0.3 is 0 Å². The van der Waals surface area contributed by atoms with Crippen molar-refractivity contribution < 1.29 is 0 Å². The van der Waals surface area contributed by atoms with Crippen LogP contribution in [0, 0.1) is 5.41 Å². The third-order valence-electron chi connectivity index (χ3n) is 1.66. The molecule has 0 N–H and O–H groups in total. The van der Waals surface area contributed by atoms with Crippen LogP contribution in [0.3, 0.4) is 0 Å². The van der Waals surface area contributed by atoms with Crippen LogP contribution in [0.25, 0.3) is 0 Å². The normalized spacial score (nSPS) is 12.7. The molecule has 0 aliphatic carbocycles. The lowest BCUT2D eigenvalue weighted by Crippen LogP contribution is -2.12. The van der Waals surface area contributed by atoms with E-state index in [9.17, 15) is 0 Å². The third kappa shape index (κ3) is 5.05. The van der Waals surface area contributed by atoms with Crippen molar-refractivity contribution in [2.75, 3.05) is 0 Å². The van der Waals surface area contributed by atoms with Crippen LogP contribution in [-0.2, 0) is 0 Å². The molecule has 0 aliphatic heterocycles. The summed E-state index contributed by atoms with van der Waals surface area (Å²) in [4.78, 5) is -0.208. The van der Waals surface area contributed by atoms with Crippen molar-refractivity contribution in [3.8, 4) is 0 Å². The van der Waals surface area contributed by atoms with Gasteiger partial charge < -0.3 is 0 Å². The van der Waals surface area contributed by atoms with E-state index < -0.39 is 0 Å². The van der Waals surface area contributed by atoms with Crippen molar-refractivity contribution in [1.82, 2.24) is 0 Å². The van der Waals surface area contributed by atoms with Crippen LogP contribution in [0.5, 0.6) is 0 Å². The molecule has 2 heteroatoms. The summed E-state index contributed by atoms with van der Waals surface area (Å²) in [6.45, 7) is 6.49.